The van der Waals surface area contributed by atoms with Crippen LogP contribution in [0.1, 0.15) is 36.7 Å². The highest BCUT2D eigenvalue weighted by Crippen LogP contribution is 2.15. The summed E-state index contributed by atoms with van der Waals surface area (Å²) in [5, 5.41) is 3.03. The molecule has 16 heavy (non-hydrogen) atoms. The molecule has 4 nitrogen and oxygen atoms in total. The minimum absolute atomic E-state index is 0.489. The third-order valence-electron chi connectivity index (χ3n) is 2.87. The molecule has 2 rings (SSSR count). The van der Waals surface area contributed by atoms with Crippen LogP contribution in [0.2, 0.25) is 0 Å². The minimum atomic E-state index is 0.489. The summed E-state index contributed by atoms with van der Waals surface area (Å²) < 4.78 is 2.36. The number of aromatic amines is 1. The number of aromatic nitrogens is 4. The van der Waals surface area contributed by atoms with Gasteiger partial charge in [-0.1, -0.05) is 13.3 Å². The Bertz CT molecular complexity index is 567. The van der Waals surface area contributed by atoms with Crippen LogP contribution < -0.4 is 0 Å². The number of unbranched alkanes of at least 4 members (excludes halogenated alkanes) is 1. The first-order valence-electron chi connectivity index (χ1n) is 5.58. The zero-order chi connectivity index (χ0) is 11.7. The van der Waals surface area contributed by atoms with Gasteiger partial charge in [-0.2, -0.15) is 4.98 Å². The average molecular weight is 236 g/mol. The SMILES string of the molecule is CCCCc1c(C)nc2nc(=S)[nH]n2c1C. The first-order valence-corrected chi connectivity index (χ1v) is 5.99. The summed E-state index contributed by atoms with van der Waals surface area (Å²) in [6.45, 7) is 6.32. The van der Waals surface area contributed by atoms with Crippen molar-refractivity contribution in [2.75, 3.05) is 0 Å². The summed E-state index contributed by atoms with van der Waals surface area (Å²) in [6.07, 6.45) is 3.44. The van der Waals surface area contributed by atoms with Crippen LogP contribution in [0.15, 0.2) is 0 Å². The highest BCUT2D eigenvalue weighted by atomic mass is 32.1. The lowest BCUT2D eigenvalue weighted by Gasteiger charge is -2.09. The second-order valence-electron chi connectivity index (χ2n) is 4.03. The van der Waals surface area contributed by atoms with Crippen LogP contribution in [0, 0.1) is 18.6 Å². The van der Waals surface area contributed by atoms with Crippen LogP contribution in [-0.2, 0) is 6.42 Å². The third kappa shape index (κ3) is 1.87. The molecule has 0 amide bonds. The van der Waals surface area contributed by atoms with Crippen molar-refractivity contribution < 1.29 is 0 Å². The first-order chi connectivity index (χ1) is 7.63. The molecule has 0 aliphatic rings. The molecular weight excluding hydrogens is 220 g/mol. The van der Waals surface area contributed by atoms with Crippen molar-refractivity contribution in [3.63, 3.8) is 0 Å². The summed E-state index contributed by atoms with van der Waals surface area (Å²) >= 11 is 5.02. The first kappa shape index (κ1) is 11.3. The van der Waals surface area contributed by atoms with E-state index >= 15 is 0 Å². The van der Waals surface area contributed by atoms with E-state index in [4.69, 9.17) is 12.2 Å². The van der Waals surface area contributed by atoms with Gasteiger partial charge in [-0.15, -0.1) is 0 Å². The number of nitrogens with one attached hydrogen (secondary N) is 1. The Morgan fingerprint density at radius 2 is 2.06 bits per heavy atom. The standard InChI is InChI=1S/C11H16N4S/c1-4-5-6-9-7(2)12-10-13-11(16)14-15(10)8(9)3/h4-6H2,1-3H3,(H,14,16). The summed E-state index contributed by atoms with van der Waals surface area (Å²) in [6, 6.07) is 0. The fourth-order valence-corrected chi connectivity index (χ4v) is 2.12. The quantitative estimate of drug-likeness (QED) is 0.833. The molecule has 0 bridgehead atoms. The van der Waals surface area contributed by atoms with Crippen LogP contribution in [0.3, 0.4) is 0 Å². The fourth-order valence-electron chi connectivity index (χ4n) is 1.95. The second-order valence-corrected chi connectivity index (χ2v) is 4.42. The zero-order valence-electron chi connectivity index (χ0n) is 9.87. The zero-order valence-corrected chi connectivity index (χ0v) is 10.7. The molecule has 0 fully saturated rings. The highest BCUT2D eigenvalue weighted by molar-refractivity contribution is 7.71. The van der Waals surface area contributed by atoms with Gasteiger partial charge in [0.05, 0.1) is 0 Å². The molecule has 86 valence electrons. The van der Waals surface area contributed by atoms with Crippen molar-refractivity contribution in [1.29, 1.82) is 0 Å². The van der Waals surface area contributed by atoms with E-state index in [0.29, 0.717) is 10.5 Å². The highest BCUT2D eigenvalue weighted by Gasteiger charge is 2.09. The second kappa shape index (κ2) is 4.33. The van der Waals surface area contributed by atoms with Crippen molar-refractivity contribution in [2.45, 2.75) is 40.0 Å². The molecule has 0 unspecified atom stereocenters. The van der Waals surface area contributed by atoms with E-state index in [2.05, 4.69) is 28.9 Å². The smallest absolute Gasteiger partial charge is 0.252 e. The van der Waals surface area contributed by atoms with Gasteiger partial charge in [0.1, 0.15) is 0 Å². The normalized spacial score (nSPS) is 11.2. The number of nitrogens with zero attached hydrogens (tertiary/aromatic N) is 3. The number of rotatable bonds is 3. The van der Waals surface area contributed by atoms with Crippen molar-refractivity contribution in [3.8, 4) is 0 Å². The van der Waals surface area contributed by atoms with Gasteiger partial charge in [0.2, 0.25) is 4.77 Å². The van der Waals surface area contributed by atoms with E-state index in [9.17, 15) is 0 Å². The van der Waals surface area contributed by atoms with Crippen LogP contribution in [0.5, 0.6) is 0 Å². The monoisotopic (exact) mass is 236 g/mol. The van der Waals surface area contributed by atoms with Crippen molar-refractivity contribution >= 4 is 18.0 Å². The fraction of sp³-hybridized carbons (Fsp3) is 0.545. The number of hydrogen-bond acceptors (Lipinski definition) is 3. The Kier molecular flexibility index (Phi) is 3.05. The summed E-state index contributed by atoms with van der Waals surface area (Å²) in [5.41, 5.74) is 3.53. The molecule has 0 saturated carbocycles. The Labute approximate surface area is 99.7 Å². The molecule has 2 aromatic rings. The maximum Gasteiger partial charge on any atom is 0.252 e. The third-order valence-corrected chi connectivity index (χ3v) is 3.05. The minimum Gasteiger partial charge on any atom is -0.265 e. The number of fused-ring (bicyclic) bond motifs is 1. The Morgan fingerprint density at radius 3 is 2.75 bits per heavy atom. The molecule has 1 N–H and O–H groups in total. The van der Waals surface area contributed by atoms with E-state index < -0.39 is 0 Å². The van der Waals surface area contributed by atoms with Crippen LogP contribution in [0.25, 0.3) is 5.78 Å². The van der Waals surface area contributed by atoms with Crippen molar-refractivity contribution in [1.82, 2.24) is 19.6 Å². The summed E-state index contributed by atoms with van der Waals surface area (Å²) in [7, 11) is 0. The lowest BCUT2D eigenvalue weighted by Crippen LogP contribution is -2.05. The predicted octanol–water partition coefficient (Wildman–Crippen LogP) is 2.75. The van der Waals surface area contributed by atoms with Gasteiger partial charge in [0.15, 0.2) is 0 Å². The molecule has 0 radical (unpaired) electrons. The molecule has 2 heterocycles. The van der Waals surface area contributed by atoms with Gasteiger partial charge in [0.25, 0.3) is 5.78 Å². The van der Waals surface area contributed by atoms with E-state index in [0.717, 1.165) is 12.1 Å². The van der Waals surface area contributed by atoms with E-state index in [1.165, 1.54) is 24.1 Å². The molecule has 0 aliphatic heterocycles. The van der Waals surface area contributed by atoms with Crippen LogP contribution in [-0.4, -0.2) is 19.6 Å². The number of H-pyrrole nitrogens is 1. The van der Waals surface area contributed by atoms with E-state index in [1.54, 1.807) is 0 Å². The number of aryl methyl sites for hydroxylation is 2. The van der Waals surface area contributed by atoms with Gasteiger partial charge < -0.3 is 0 Å². The Balaban J connectivity index is 2.60. The van der Waals surface area contributed by atoms with E-state index in [-0.39, 0.29) is 0 Å². The van der Waals surface area contributed by atoms with Crippen molar-refractivity contribution in [2.24, 2.45) is 0 Å². The Hall–Kier alpha value is -1.23. The molecule has 5 heteroatoms. The van der Waals surface area contributed by atoms with Crippen LogP contribution >= 0.6 is 12.2 Å². The molecule has 0 spiro atoms. The largest absolute Gasteiger partial charge is 0.265 e. The van der Waals surface area contributed by atoms with Gasteiger partial charge >= 0.3 is 0 Å². The Morgan fingerprint density at radius 1 is 1.31 bits per heavy atom. The topological polar surface area (TPSA) is 46.0 Å². The van der Waals surface area contributed by atoms with Gasteiger partial charge in [0, 0.05) is 11.4 Å². The van der Waals surface area contributed by atoms with Gasteiger partial charge in [-0.3, -0.25) is 5.10 Å². The lowest BCUT2D eigenvalue weighted by atomic mass is 10.1. The molecule has 0 aromatic carbocycles. The maximum absolute atomic E-state index is 5.02. The number of hydrogen-bond donors (Lipinski definition) is 1. The van der Waals surface area contributed by atoms with Crippen molar-refractivity contribution in [3.05, 3.63) is 21.7 Å². The molecular formula is C11H16N4S. The molecule has 0 aliphatic carbocycles. The van der Waals surface area contributed by atoms with Gasteiger partial charge in [-0.25, -0.2) is 9.50 Å². The molecule has 0 saturated heterocycles. The predicted molar refractivity (Wildman–Crippen MR) is 66.3 cm³/mol. The molecule has 0 atom stereocenters. The van der Waals surface area contributed by atoms with Gasteiger partial charge in [-0.05, 0) is 44.5 Å². The average Bonchev–Trinajstić information content (AvgIpc) is 2.59. The summed E-state index contributed by atoms with van der Waals surface area (Å²) in [4.78, 5) is 8.63. The summed E-state index contributed by atoms with van der Waals surface area (Å²) in [5.74, 6) is 0.667. The lowest BCUT2D eigenvalue weighted by molar-refractivity contribution is 0.758. The molecule has 2 aromatic heterocycles. The van der Waals surface area contributed by atoms with E-state index in [1.807, 2.05) is 11.4 Å². The maximum atomic E-state index is 5.02. The van der Waals surface area contributed by atoms with Crippen LogP contribution in [0.4, 0.5) is 0 Å².